The van der Waals surface area contributed by atoms with E-state index in [1.807, 2.05) is 42.5 Å². The van der Waals surface area contributed by atoms with Crippen LogP contribution in [0.2, 0.25) is 5.02 Å². The Labute approximate surface area is 120 Å². The Bertz CT molecular complexity index is 559. The first-order valence-electron chi connectivity index (χ1n) is 5.47. The molecule has 0 saturated heterocycles. The van der Waals surface area contributed by atoms with Crippen molar-refractivity contribution in [1.29, 1.82) is 0 Å². The molecule has 0 fully saturated rings. The third-order valence-corrected chi connectivity index (χ3v) is 4.10. The molecule has 0 aliphatic carbocycles. The maximum atomic E-state index is 6.28. The molecule has 1 unspecified atom stereocenters. The molecule has 0 aromatic heterocycles. The van der Waals surface area contributed by atoms with Crippen molar-refractivity contribution in [1.82, 2.24) is 0 Å². The number of para-hydroxylation sites is 1. The van der Waals surface area contributed by atoms with Gasteiger partial charge in [0.05, 0.1) is 18.2 Å². The Morgan fingerprint density at radius 1 is 1.11 bits per heavy atom. The first kappa shape index (κ1) is 13.4. The average molecular weight is 327 g/mol. The highest BCUT2D eigenvalue weighted by Crippen LogP contribution is 2.35. The molecule has 0 radical (unpaired) electrons. The van der Waals surface area contributed by atoms with Crippen molar-refractivity contribution < 1.29 is 4.74 Å². The van der Waals surface area contributed by atoms with Gasteiger partial charge in [-0.15, -0.1) is 0 Å². The maximum absolute atomic E-state index is 6.28. The summed E-state index contributed by atoms with van der Waals surface area (Å²) in [6.45, 7) is 0. The van der Waals surface area contributed by atoms with E-state index in [0.29, 0.717) is 5.02 Å². The molecule has 4 heteroatoms. The molecular weight excluding hydrogens is 314 g/mol. The van der Waals surface area contributed by atoms with Crippen molar-refractivity contribution in [2.24, 2.45) is 5.73 Å². The predicted molar refractivity (Wildman–Crippen MR) is 78.2 cm³/mol. The van der Waals surface area contributed by atoms with Crippen LogP contribution in [0.5, 0.6) is 5.75 Å². The maximum Gasteiger partial charge on any atom is 0.123 e. The smallest absolute Gasteiger partial charge is 0.123 e. The molecule has 0 saturated carbocycles. The van der Waals surface area contributed by atoms with Crippen LogP contribution >= 0.6 is 27.5 Å². The SMILES string of the molecule is COc1ccccc1C(N)c1cccc(Br)c1Cl. The van der Waals surface area contributed by atoms with E-state index in [1.54, 1.807) is 7.11 Å². The van der Waals surface area contributed by atoms with Gasteiger partial charge in [-0.2, -0.15) is 0 Å². The van der Waals surface area contributed by atoms with Gasteiger partial charge in [0.2, 0.25) is 0 Å². The standard InChI is InChI=1S/C14H13BrClNO/c1-18-12-8-3-2-5-9(12)14(17)10-6-4-7-11(15)13(10)16/h2-8,14H,17H2,1H3. The van der Waals surface area contributed by atoms with Crippen LogP contribution in [-0.2, 0) is 0 Å². The van der Waals surface area contributed by atoms with E-state index in [9.17, 15) is 0 Å². The van der Waals surface area contributed by atoms with Crippen LogP contribution < -0.4 is 10.5 Å². The number of rotatable bonds is 3. The average Bonchev–Trinajstić information content (AvgIpc) is 2.41. The number of benzene rings is 2. The highest BCUT2D eigenvalue weighted by atomic mass is 79.9. The highest BCUT2D eigenvalue weighted by Gasteiger charge is 2.17. The van der Waals surface area contributed by atoms with Crippen LogP contribution in [0.4, 0.5) is 0 Å². The van der Waals surface area contributed by atoms with Crippen molar-refractivity contribution >= 4 is 27.5 Å². The van der Waals surface area contributed by atoms with E-state index in [-0.39, 0.29) is 6.04 Å². The minimum absolute atomic E-state index is 0.314. The summed E-state index contributed by atoms with van der Waals surface area (Å²) in [5, 5.41) is 0.635. The van der Waals surface area contributed by atoms with Gasteiger partial charge in [0.25, 0.3) is 0 Å². The number of halogens is 2. The molecule has 0 aliphatic heterocycles. The monoisotopic (exact) mass is 325 g/mol. The fourth-order valence-electron chi connectivity index (χ4n) is 1.85. The summed E-state index contributed by atoms with van der Waals surface area (Å²) in [6.07, 6.45) is 0. The molecule has 2 nitrogen and oxygen atoms in total. The topological polar surface area (TPSA) is 35.2 Å². The van der Waals surface area contributed by atoms with E-state index >= 15 is 0 Å². The van der Waals surface area contributed by atoms with Crippen LogP contribution in [0, 0.1) is 0 Å². The first-order valence-corrected chi connectivity index (χ1v) is 6.64. The van der Waals surface area contributed by atoms with Crippen molar-refractivity contribution in [3.05, 3.63) is 63.1 Å². The fourth-order valence-corrected chi connectivity index (χ4v) is 2.48. The zero-order valence-corrected chi connectivity index (χ0v) is 12.2. The Hall–Kier alpha value is -1.03. The molecule has 0 heterocycles. The fraction of sp³-hybridized carbons (Fsp3) is 0.143. The number of nitrogens with two attached hydrogens (primary N) is 1. The van der Waals surface area contributed by atoms with Crippen molar-refractivity contribution in [2.45, 2.75) is 6.04 Å². The number of hydrogen-bond acceptors (Lipinski definition) is 2. The summed E-state index contributed by atoms with van der Waals surface area (Å²) in [4.78, 5) is 0. The lowest BCUT2D eigenvalue weighted by Gasteiger charge is -2.17. The molecule has 0 aliphatic rings. The van der Waals surface area contributed by atoms with Gasteiger partial charge in [0.15, 0.2) is 0 Å². The van der Waals surface area contributed by atoms with Gasteiger partial charge in [-0.1, -0.05) is 41.9 Å². The second-order valence-electron chi connectivity index (χ2n) is 3.86. The van der Waals surface area contributed by atoms with Gasteiger partial charge in [0.1, 0.15) is 5.75 Å². The number of ether oxygens (including phenoxy) is 1. The lowest BCUT2D eigenvalue weighted by atomic mass is 9.99. The minimum Gasteiger partial charge on any atom is -0.496 e. The van der Waals surface area contributed by atoms with Crippen molar-refractivity contribution in [3.63, 3.8) is 0 Å². The van der Waals surface area contributed by atoms with Crippen LogP contribution in [0.3, 0.4) is 0 Å². The quantitative estimate of drug-likeness (QED) is 0.919. The first-order chi connectivity index (χ1) is 8.65. The molecule has 0 bridgehead atoms. The lowest BCUT2D eigenvalue weighted by molar-refractivity contribution is 0.408. The van der Waals surface area contributed by atoms with Crippen LogP contribution in [0.1, 0.15) is 17.2 Å². The molecule has 2 aromatic carbocycles. The van der Waals surface area contributed by atoms with Crippen LogP contribution in [0.25, 0.3) is 0 Å². The second-order valence-corrected chi connectivity index (χ2v) is 5.09. The van der Waals surface area contributed by atoms with E-state index in [1.165, 1.54) is 0 Å². The summed E-state index contributed by atoms with van der Waals surface area (Å²) < 4.78 is 6.16. The van der Waals surface area contributed by atoms with Gasteiger partial charge in [-0.05, 0) is 33.6 Å². The molecular formula is C14H13BrClNO. The highest BCUT2D eigenvalue weighted by molar-refractivity contribution is 9.10. The zero-order valence-electron chi connectivity index (χ0n) is 9.86. The van der Waals surface area contributed by atoms with Gasteiger partial charge in [-0.3, -0.25) is 0 Å². The van der Waals surface area contributed by atoms with Gasteiger partial charge in [0, 0.05) is 10.0 Å². The Morgan fingerprint density at radius 2 is 1.78 bits per heavy atom. The third-order valence-electron chi connectivity index (χ3n) is 2.79. The summed E-state index contributed by atoms with van der Waals surface area (Å²) >= 11 is 9.67. The molecule has 2 rings (SSSR count). The summed E-state index contributed by atoms with van der Waals surface area (Å²) in [7, 11) is 1.63. The molecule has 0 spiro atoms. The molecule has 18 heavy (non-hydrogen) atoms. The Morgan fingerprint density at radius 3 is 2.50 bits per heavy atom. The summed E-state index contributed by atoms with van der Waals surface area (Å²) in [5.74, 6) is 0.765. The molecule has 94 valence electrons. The molecule has 0 amide bonds. The largest absolute Gasteiger partial charge is 0.496 e. The van der Waals surface area contributed by atoms with Crippen molar-refractivity contribution in [3.8, 4) is 5.75 Å². The predicted octanol–water partition coefficient (Wildman–Crippen LogP) is 4.16. The number of methoxy groups -OCH3 is 1. The minimum atomic E-state index is -0.314. The third kappa shape index (κ3) is 2.53. The number of hydrogen-bond donors (Lipinski definition) is 1. The van der Waals surface area contributed by atoms with E-state index in [0.717, 1.165) is 21.3 Å². The van der Waals surface area contributed by atoms with Crippen molar-refractivity contribution in [2.75, 3.05) is 7.11 Å². The van der Waals surface area contributed by atoms with Gasteiger partial charge in [-0.25, -0.2) is 0 Å². The Kier molecular flexibility index (Phi) is 4.27. The van der Waals surface area contributed by atoms with E-state index in [2.05, 4.69) is 15.9 Å². The summed E-state index contributed by atoms with van der Waals surface area (Å²) in [6, 6.07) is 13.1. The molecule has 1 atom stereocenters. The van der Waals surface area contributed by atoms with Crippen LogP contribution in [0.15, 0.2) is 46.9 Å². The van der Waals surface area contributed by atoms with Gasteiger partial charge >= 0.3 is 0 Å². The second kappa shape index (κ2) is 5.74. The van der Waals surface area contributed by atoms with Gasteiger partial charge < -0.3 is 10.5 Å². The lowest BCUT2D eigenvalue weighted by Crippen LogP contribution is -2.13. The van der Waals surface area contributed by atoms with Crippen LogP contribution in [-0.4, -0.2) is 7.11 Å². The zero-order chi connectivity index (χ0) is 13.1. The summed E-state index contributed by atoms with van der Waals surface area (Å²) in [5.41, 5.74) is 8.06. The molecule has 2 aromatic rings. The van der Waals surface area contributed by atoms with E-state index in [4.69, 9.17) is 22.1 Å². The molecule has 2 N–H and O–H groups in total. The van der Waals surface area contributed by atoms with E-state index < -0.39 is 0 Å². The normalized spacial score (nSPS) is 12.2. The Balaban J connectivity index is 2.48.